The van der Waals surface area contributed by atoms with Crippen molar-refractivity contribution in [2.24, 2.45) is 0 Å². The van der Waals surface area contributed by atoms with Gasteiger partial charge < -0.3 is 9.32 Å². The highest BCUT2D eigenvalue weighted by molar-refractivity contribution is 7.89. The number of aryl methyl sites for hydroxylation is 2. The molecular weight excluding hydrogens is 458 g/mol. The average Bonchev–Trinajstić information content (AvgIpc) is 3.32. The Balaban J connectivity index is 1.34. The molecule has 10 heteroatoms. The molecule has 2 aromatic carbocycles. The smallest absolute Gasteiger partial charge is 0.270 e. The highest BCUT2D eigenvalue weighted by Crippen LogP contribution is 2.26. The lowest BCUT2D eigenvalue weighted by atomic mass is 10.2. The molecule has 1 aliphatic heterocycles. The first-order chi connectivity index (χ1) is 16.3. The predicted molar refractivity (Wildman–Crippen MR) is 126 cm³/mol. The van der Waals surface area contributed by atoms with Gasteiger partial charge in [-0.15, -0.1) is 0 Å². The highest BCUT2D eigenvalue weighted by Gasteiger charge is 2.32. The summed E-state index contributed by atoms with van der Waals surface area (Å²) in [5, 5.41) is 11.1. The molecule has 1 fully saturated rings. The SMILES string of the molecule is Cc1ccc([N+](=O)[O-])cc1S(=O)(=O)N1CCN(C(=O)CCc2ccc(-c3ccccc3)o2)CC1. The first-order valence-electron chi connectivity index (χ1n) is 10.9. The number of nitro benzene ring substituents is 1. The normalized spacial score (nSPS) is 14.8. The molecule has 1 saturated heterocycles. The lowest BCUT2D eigenvalue weighted by Gasteiger charge is -2.34. The minimum absolute atomic E-state index is 0.0683. The Morgan fingerprint density at radius 2 is 1.74 bits per heavy atom. The number of nitro groups is 1. The van der Waals surface area contributed by atoms with Crippen LogP contribution >= 0.6 is 0 Å². The fourth-order valence-corrected chi connectivity index (χ4v) is 5.62. The van der Waals surface area contributed by atoms with Gasteiger partial charge in [-0.2, -0.15) is 4.31 Å². The second-order valence-electron chi connectivity index (χ2n) is 8.12. The van der Waals surface area contributed by atoms with Crippen molar-refractivity contribution in [3.8, 4) is 11.3 Å². The van der Waals surface area contributed by atoms with E-state index in [4.69, 9.17) is 4.42 Å². The fraction of sp³-hybridized carbons (Fsp3) is 0.292. The van der Waals surface area contributed by atoms with E-state index in [1.54, 1.807) is 11.8 Å². The van der Waals surface area contributed by atoms with Gasteiger partial charge in [-0.05, 0) is 24.6 Å². The van der Waals surface area contributed by atoms with Gasteiger partial charge in [0.25, 0.3) is 5.69 Å². The molecule has 3 aromatic rings. The number of sulfonamides is 1. The first-order valence-corrected chi connectivity index (χ1v) is 12.4. The highest BCUT2D eigenvalue weighted by atomic mass is 32.2. The molecule has 9 nitrogen and oxygen atoms in total. The van der Waals surface area contributed by atoms with Crippen molar-refractivity contribution in [1.29, 1.82) is 0 Å². The number of piperazine rings is 1. The van der Waals surface area contributed by atoms with Crippen LogP contribution in [0, 0.1) is 17.0 Å². The van der Waals surface area contributed by atoms with Crippen LogP contribution in [0.2, 0.25) is 0 Å². The van der Waals surface area contributed by atoms with Crippen molar-refractivity contribution in [2.75, 3.05) is 26.2 Å². The number of carbonyl (C=O) groups excluding carboxylic acids is 1. The average molecular weight is 484 g/mol. The van der Waals surface area contributed by atoms with Crippen LogP contribution in [0.3, 0.4) is 0 Å². The molecule has 1 aliphatic rings. The molecule has 0 saturated carbocycles. The largest absolute Gasteiger partial charge is 0.461 e. The minimum Gasteiger partial charge on any atom is -0.461 e. The van der Waals surface area contributed by atoms with E-state index in [1.807, 2.05) is 42.5 Å². The van der Waals surface area contributed by atoms with Gasteiger partial charge in [-0.3, -0.25) is 14.9 Å². The number of non-ortho nitro benzene ring substituents is 1. The molecular formula is C24H25N3O6S. The summed E-state index contributed by atoms with van der Waals surface area (Å²) >= 11 is 0. The maximum atomic E-state index is 13.1. The second kappa shape index (κ2) is 9.78. The molecule has 1 aromatic heterocycles. The van der Waals surface area contributed by atoms with E-state index >= 15 is 0 Å². The molecule has 0 unspecified atom stereocenters. The summed E-state index contributed by atoms with van der Waals surface area (Å²) in [5.41, 5.74) is 1.14. The Morgan fingerprint density at radius 3 is 2.41 bits per heavy atom. The van der Waals surface area contributed by atoms with Gasteiger partial charge in [-0.25, -0.2) is 8.42 Å². The Bertz CT molecular complexity index is 1300. The molecule has 0 aliphatic carbocycles. The van der Waals surface area contributed by atoms with E-state index in [9.17, 15) is 23.3 Å². The van der Waals surface area contributed by atoms with Gasteiger partial charge in [0.1, 0.15) is 11.5 Å². The third-order valence-electron chi connectivity index (χ3n) is 5.90. The summed E-state index contributed by atoms with van der Waals surface area (Å²) < 4.78 is 33.3. The zero-order valence-electron chi connectivity index (χ0n) is 18.7. The molecule has 2 heterocycles. The van der Waals surface area contributed by atoms with E-state index < -0.39 is 14.9 Å². The van der Waals surface area contributed by atoms with E-state index in [1.165, 1.54) is 16.4 Å². The van der Waals surface area contributed by atoms with Crippen LogP contribution in [0.15, 0.2) is 70.0 Å². The lowest BCUT2D eigenvalue weighted by molar-refractivity contribution is -0.385. The molecule has 0 spiro atoms. The van der Waals surface area contributed by atoms with Gasteiger partial charge in [0.2, 0.25) is 15.9 Å². The van der Waals surface area contributed by atoms with Crippen molar-refractivity contribution < 1.29 is 22.6 Å². The number of amides is 1. The molecule has 34 heavy (non-hydrogen) atoms. The Kier molecular flexibility index (Phi) is 6.80. The molecule has 0 radical (unpaired) electrons. The zero-order valence-corrected chi connectivity index (χ0v) is 19.5. The van der Waals surface area contributed by atoms with Crippen LogP contribution in [0.5, 0.6) is 0 Å². The number of hydrogen-bond acceptors (Lipinski definition) is 6. The van der Waals surface area contributed by atoms with Crippen molar-refractivity contribution in [3.05, 3.63) is 82.1 Å². The molecule has 1 amide bonds. The summed E-state index contributed by atoms with van der Waals surface area (Å²) in [4.78, 5) is 24.7. The van der Waals surface area contributed by atoms with Crippen LogP contribution in [0.25, 0.3) is 11.3 Å². The number of carbonyl (C=O) groups is 1. The number of benzene rings is 2. The molecule has 0 N–H and O–H groups in total. The van der Waals surface area contributed by atoms with Gasteiger partial charge in [0.05, 0.1) is 9.82 Å². The monoisotopic (exact) mass is 483 g/mol. The lowest BCUT2D eigenvalue weighted by Crippen LogP contribution is -2.50. The van der Waals surface area contributed by atoms with Crippen molar-refractivity contribution in [2.45, 2.75) is 24.7 Å². The molecule has 0 atom stereocenters. The van der Waals surface area contributed by atoms with E-state index in [2.05, 4.69) is 0 Å². The summed E-state index contributed by atoms with van der Waals surface area (Å²) in [6.45, 7) is 2.40. The quantitative estimate of drug-likeness (QED) is 0.375. The van der Waals surface area contributed by atoms with Crippen LogP contribution in [0.4, 0.5) is 5.69 Å². The van der Waals surface area contributed by atoms with E-state index in [-0.39, 0.29) is 49.1 Å². The van der Waals surface area contributed by atoms with E-state index in [0.29, 0.717) is 12.0 Å². The van der Waals surface area contributed by atoms with Crippen LogP contribution in [-0.4, -0.2) is 54.6 Å². The van der Waals surface area contributed by atoms with Crippen LogP contribution < -0.4 is 0 Å². The first kappa shape index (κ1) is 23.7. The standard InChI is InChI=1S/C24H25N3O6S/c1-18-7-8-20(27(29)30)17-23(18)34(31,32)26-15-13-25(14-16-26)24(28)12-10-21-9-11-22(33-21)19-5-3-2-4-6-19/h2-9,11,17H,10,12-16H2,1H3. The number of nitrogens with zero attached hydrogens (tertiary/aromatic N) is 3. The van der Waals surface area contributed by atoms with Gasteiger partial charge >= 0.3 is 0 Å². The van der Waals surface area contributed by atoms with Gasteiger partial charge in [-0.1, -0.05) is 36.4 Å². The summed E-state index contributed by atoms with van der Waals surface area (Å²) in [5.74, 6) is 1.40. The second-order valence-corrected chi connectivity index (χ2v) is 10.0. The molecule has 178 valence electrons. The molecule has 4 rings (SSSR count). The Morgan fingerprint density at radius 1 is 1.03 bits per heavy atom. The summed E-state index contributed by atoms with van der Waals surface area (Å²) in [6, 6.07) is 17.3. The topological polar surface area (TPSA) is 114 Å². The molecule has 0 bridgehead atoms. The van der Waals surface area contributed by atoms with Crippen molar-refractivity contribution in [3.63, 3.8) is 0 Å². The predicted octanol–water partition coefficient (Wildman–Crippen LogP) is 3.63. The number of hydrogen-bond donors (Lipinski definition) is 0. The minimum atomic E-state index is -3.90. The van der Waals surface area contributed by atoms with Crippen LogP contribution in [0.1, 0.15) is 17.7 Å². The number of rotatable bonds is 7. The number of furan rings is 1. The Hall–Kier alpha value is -3.50. The maximum Gasteiger partial charge on any atom is 0.270 e. The van der Waals surface area contributed by atoms with Crippen molar-refractivity contribution >= 4 is 21.6 Å². The zero-order chi connectivity index (χ0) is 24.3. The third kappa shape index (κ3) is 5.02. The summed E-state index contributed by atoms with van der Waals surface area (Å²) in [7, 11) is -3.90. The Labute approximate surface area is 197 Å². The van der Waals surface area contributed by atoms with E-state index in [0.717, 1.165) is 23.2 Å². The van der Waals surface area contributed by atoms with Crippen molar-refractivity contribution in [1.82, 2.24) is 9.21 Å². The van der Waals surface area contributed by atoms with Crippen LogP contribution in [-0.2, 0) is 21.2 Å². The maximum absolute atomic E-state index is 13.1. The van der Waals surface area contributed by atoms with Gasteiger partial charge in [0.15, 0.2) is 0 Å². The third-order valence-corrected chi connectivity index (χ3v) is 7.94. The van der Waals surface area contributed by atoms with Gasteiger partial charge in [0, 0.05) is 56.7 Å². The summed E-state index contributed by atoms with van der Waals surface area (Å²) in [6.07, 6.45) is 0.718. The fourth-order valence-electron chi connectivity index (χ4n) is 3.96.